The summed E-state index contributed by atoms with van der Waals surface area (Å²) < 4.78 is 37.6. The monoisotopic (exact) mass is 289 g/mol. The number of hydrogen-bond donors (Lipinski definition) is 1. The fourth-order valence-corrected chi connectivity index (χ4v) is 1.84. The average Bonchev–Trinajstić information content (AvgIpc) is 2.59. The normalized spacial score (nSPS) is 11.7. The molecule has 3 nitrogen and oxygen atoms in total. The maximum atomic E-state index is 12.5. The third-order valence-corrected chi connectivity index (χ3v) is 2.58. The molecule has 2 aromatic rings. The molecule has 2 rings (SSSR count). The van der Waals surface area contributed by atoms with Crippen LogP contribution in [0.25, 0.3) is 11.0 Å². The third kappa shape index (κ3) is 1.76. The minimum absolute atomic E-state index is 0.0185. The summed E-state index contributed by atoms with van der Waals surface area (Å²) in [5.74, 6) is -0.0185. The fraction of sp³-hybridized carbons (Fsp3) is 0.111. The van der Waals surface area contributed by atoms with E-state index in [1.54, 1.807) is 6.07 Å². The number of nitriles is 1. The molecule has 0 spiro atoms. The van der Waals surface area contributed by atoms with Crippen LogP contribution in [0.2, 0.25) is 0 Å². The molecule has 1 heterocycles. The van der Waals surface area contributed by atoms with Crippen LogP contribution in [0.5, 0.6) is 0 Å². The van der Waals surface area contributed by atoms with Crippen molar-refractivity contribution in [2.24, 2.45) is 0 Å². The lowest BCUT2D eigenvalue weighted by molar-refractivity contribution is -0.137. The Bertz CT molecular complexity index is 594. The molecule has 0 aliphatic carbocycles. The van der Waals surface area contributed by atoms with Gasteiger partial charge in [0.25, 0.3) is 0 Å². The van der Waals surface area contributed by atoms with Crippen LogP contribution in [0.4, 0.5) is 13.2 Å². The van der Waals surface area contributed by atoms with Crippen molar-refractivity contribution < 1.29 is 13.2 Å². The molecule has 0 amide bonds. The summed E-state index contributed by atoms with van der Waals surface area (Å²) in [6.07, 6.45) is -4.42. The summed E-state index contributed by atoms with van der Waals surface area (Å²) in [5, 5.41) is 8.58. The summed E-state index contributed by atoms with van der Waals surface area (Å²) in [6.45, 7) is 0. The number of H-pyrrole nitrogens is 1. The van der Waals surface area contributed by atoms with Crippen molar-refractivity contribution in [2.45, 2.75) is 6.18 Å². The standard InChI is InChI=1S/C9H3BrF3N3/c10-5-1-4(9(11,12)13)2-6-8(5)16-7(3-14)15-6/h1-2H,(H,15,16). The largest absolute Gasteiger partial charge is 0.416 e. The van der Waals surface area contributed by atoms with Gasteiger partial charge in [0.1, 0.15) is 11.6 Å². The average molecular weight is 290 g/mol. The molecule has 0 bridgehead atoms. The number of nitrogens with zero attached hydrogens (tertiary/aromatic N) is 2. The summed E-state index contributed by atoms with van der Waals surface area (Å²) >= 11 is 2.99. The van der Waals surface area contributed by atoms with Crippen LogP contribution in [-0.4, -0.2) is 9.97 Å². The molecule has 7 heteroatoms. The second-order valence-corrected chi connectivity index (χ2v) is 3.90. The molecule has 0 unspecified atom stereocenters. The Morgan fingerprint density at radius 1 is 1.38 bits per heavy atom. The first-order valence-corrected chi connectivity index (χ1v) is 4.87. The summed E-state index contributed by atoms with van der Waals surface area (Å²) in [5.41, 5.74) is -0.303. The fourth-order valence-electron chi connectivity index (χ4n) is 1.29. The van der Waals surface area contributed by atoms with Crippen molar-refractivity contribution in [3.63, 3.8) is 0 Å². The minimum atomic E-state index is -4.42. The van der Waals surface area contributed by atoms with E-state index in [0.29, 0.717) is 5.52 Å². The highest BCUT2D eigenvalue weighted by Gasteiger charge is 2.31. The quantitative estimate of drug-likeness (QED) is 0.810. The summed E-state index contributed by atoms with van der Waals surface area (Å²) in [6, 6.07) is 3.59. The molecule has 0 saturated carbocycles. The second-order valence-electron chi connectivity index (χ2n) is 3.05. The van der Waals surface area contributed by atoms with Crippen molar-refractivity contribution >= 4 is 27.0 Å². The molecule has 0 saturated heterocycles. The molecule has 1 N–H and O–H groups in total. The van der Waals surface area contributed by atoms with E-state index in [1.165, 1.54) is 0 Å². The highest BCUT2D eigenvalue weighted by atomic mass is 79.9. The Morgan fingerprint density at radius 3 is 2.62 bits per heavy atom. The molecule has 0 aliphatic heterocycles. The number of hydrogen-bond acceptors (Lipinski definition) is 2. The molecular weight excluding hydrogens is 287 g/mol. The Balaban J connectivity index is 2.73. The number of aromatic amines is 1. The van der Waals surface area contributed by atoms with Crippen LogP contribution >= 0.6 is 15.9 Å². The van der Waals surface area contributed by atoms with E-state index in [-0.39, 0.29) is 15.8 Å². The van der Waals surface area contributed by atoms with E-state index >= 15 is 0 Å². The number of benzene rings is 1. The van der Waals surface area contributed by atoms with Gasteiger partial charge in [0.2, 0.25) is 5.82 Å². The van der Waals surface area contributed by atoms with Gasteiger partial charge in [0.05, 0.1) is 11.1 Å². The zero-order valence-corrected chi connectivity index (χ0v) is 9.15. The van der Waals surface area contributed by atoms with Gasteiger partial charge in [-0.15, -0.1) is 0 Å². The van der Waals surface area contributed by atoms with Gasteiger partial charge < -0.3 is 4.98 Å². The number of halogens is 4. The molecule has 0 aliphatic rings. The van der Waals surface area contributed by atoms with Crippen LogP contribution in [0.1, 0.15) is 11.4 Å². The topological polar surface area (TPSA) is 52.5 Å². The van der Waals surface area contributed by atoms with Gasteiger partial charge in [-0.05, 0) is 28.1 Å². The first-order valence-electron chi connectivity index (χ1n) is 4.08. The van der Waals surface area contributed by atoms with Crippen LogP contribution in [0, 0.1) is 11.3 Å². The van der Waals surface area contributed by atoms with Crippen LogP contribution in [0.3, 0.4) is 0 Å². The zero-order chi connectivity index (χ0) is 11.9. The predicted octanol–water partition coefficient (Wildman–Crippen LogP) is 3.22. The third-order valence-electron chi connectivity index (χ3n) is 1.97. The number of aromatic nitrogens is 2. The van der Waals surface area contributed by atoms with E-state index in [1.807, 2.05) is 0 Å². The molecule has 16 heavy (non-hydrogen) atoms. The number of alkyl halides is 3. The Kier molecular flexibility index (Phi) is 2.39. The van der Waals surface area contributed by atoms with Crippen molar-refractivity contribution in [2.75, 3.05) is 0 Å². The van der Waals surface area contributed by atoms with E-state index in [4.69, 9.17) is 5.26 Å². The van der Waals surface area contributed by atoms with Gasteiger partial charge in [-0.25, -0.2) is 4.98 Å². The number of fused-ring (bicyclic) bond motifs is 1. The maximum absolute atomic E-state index is 12.5. The van der Waals surface area contributed by atoms with E-state index in [9.17, 15) is 13.2 Å². The maximum Gasteiger partial charge on any atom is 0.416 e. The first kappa shape index (κ1) is 11.0. The van der Waals surface area contributed by atoms with Gasteiger partial charge in [-0.1, -0.05) is 0 Å². The van der Waals surface area contributed by atoms with E-state index in [2.05, 4.69) is 25.9 Å². The Morgan fingerprint density at radius 2 is 2.06 bits per heavy atom. The van der Waals surface area contributed by atoms with Gasteiger partial charge >= 0.3 is 6.18 Å². The highest BCUT2D eigenvalue weighted by Crippen LogP contribution is 2.34. The lowest BCUT2D eigenvalue weighted by Gasteiger charge is -2.06. The molecule has 82 valence electrons. The molecule has 1 aromatic carbocycles. The minimum Gasteiger partial charge on any atom is -0.329 e. The summed E-state index contributed by atoms with van der Waals surface area (Å²) in [7, 11) is 0. The molecule has 1 aromatic heterocycles. The van der Waals surface area contributed by atoms with E-state index < -0.39 is 11.7 Å². The Hall–Kier alpha value is -1.55. The lowest BCUT2D eigenvalue weighted by Crippen LogP contribution is -2.04. The molecule has 0 atom stereocenters. The van der Waals surface area contributed by atoms with Gasteiger partial charge in [0, 0.05) is 4.47 Å². The number of rotatable bonds is 0. The number of imidazole rings is 1. The van der Waals surface area contributed by atoms with Crippen molar-refractivity contribution in [3.8, 4) is 6.07 Å². The molecule has 0 fully saturated rings. The highest BCUT2D eigenvalue weighted by molar-refractivity contribution is 9.10. The number of nitrogens with one attached hydrogen (secondary N) is 1. The van der Waals surface area contributed by atoms with E-state index in [0.717, 1.165) is 12.1 Å². The van der Waals surface area contributed by atoms with Gasteiger partial charge in [-0.3, -0.25) is 0 Å². The molecular formula is C9H3BrF3N3. The Labute approximate surface area is 96.0 Å². The van der Waals surface area contributed by atoms with Crippen molar-refractivity contribution in [1.82, 2.24) is 9.97 Å². The van der Waals surface area contributed by atoms with Crippen molar-refractivity contribution in [3.05, 3.63) is 28.0 Å². The van der Waals surface area contributed by atoms with Gasteiger partial charge in [0.15, 0.2) is 0 Å². The predicted molar refractivity (Wildman–Crippen MR) is 53.5 cm³/mol. The van der Waals surface area contributed by atoms with Gasteiger partial charge in [-0.2, -0.15) is 18.4 Å². The summed E-state index contributed by atoms with van der Waals surface area (Å²) in [4.78, 5) is 6.32. The van der Waals surface area contributed by atoms with Crippen LogP contribution < -0.4 is 0 Å². The van der Waals surface area contributed by atoms with Crippen molar-refractivity contribution in [1.29, 1.82) is 5.26 Å². The second kappa shape index (κ2) is 3.49. The lowest BCUT2D eigenvalue weighted by atomic mass is 10.2. The van der Waals surface area contributed by atoms with Crippen LogP contribution in [-0.2, 0) is 6.18 Å². The SMILES string of the molecule is N#Cc1nc2c(Br)cc(C(F)(F)F)cc2[nH]1. The van der Waals surface area contributed by atoms with Crippen LogP contribution in [0.15, 0.2) is 16.6 Å². The molecule has 0 radical (unpaired) electrons. The smallest absolute Gasteiger partial charge is 0.329 e. The first-order chi connectivity index (χ1) is 7.41. The zero-order valence-electron chi connectivity index (χ0n) is 7.56.